The molecule has 3 aromatic heterocycles. The highest BCUT2D eigenvalue weighted by atomic mass is 32.2. The highest BCUT2D eigenvalue weighted by molar-refractivity contribution is 7.89. The van der Waals surface area contributed by atoms with Crippen LogP contribution in [0.3, 0.4) is 0 Å². The number of nitrogens with zero attached hydrogens (tertiary/aromatic N) is 7. The smallest absolute Gasteiger partial charge is 0.279 e. The maximum Gasteiger partial charge on any atom is 0.279 e. The van der Waals surface area contributed by atoms with Crippen LogP contribution in [0.5, 0.6) is 5.88 Å². The van der Waals surface area contributed by atoms with Crippen LogP contribution in [0, 0.1) is 0 Å². The summed E-state index contributed by atoms with van der Waals surface area (Å²) in [5.41, 5.74) is 1.38. The lowest BCUT2D eigenvalue weighted by molar-refractivity contribution is -0.130. The summed E-state index contributed by atoms with van der Waals surface area (Å²) in [6.07, 6.45) is 3.36. The number of amides is 1. The molecule has 5 heterocycles. The van der Waals surface area contributed by atoms with Crippen LogP contribution < -0.4 is 10.3 Å². The number of H-pyrrole nitrogens is 1. The number of aromatic nitrogens is 5. The van der Waals surface area contributed by atoms with Crippen molar-refractivity contribution in [3.05, 3.63) is 28.3 Å². The van der Waals surface area contributed by atoms with Gasteiger partial charge in [-0.1, -0.05) is 13.8 Å². The molecule has 2 saturated heterocycles. The number of aromatic amines is 1. The summed E-state index contributed by atoms with van der Waals surface area (Å²) in [5, 5.41) is 4.65. The second-order valence-electron chi connectivity index (χ2n) is 10.4. The highest BCUT2D eigenvalue weighted by Crippen LogP contribution is 2.32. The Labute approximate surface area is 239 Å². The van der Waals surface area contributed by atoms with Crippen molar-refractivity contribution in [3.63, 3.8) is 0 Å². The van der Waals surface area contributed by atoms with E-state index in [1.54, 1.807) is 13.8 Å². The fourth-order valence-corrected chi connectivity index (χ4v) is 7.05. The maximum atomic E-state index is 13.6. The molecule has 3 aromatic rings. The van der Waals surface area contributed by atoms with Gasteiger partial charge in [-0.2, -0.15) is 9.40 Å². The first-order chi connectivity index (χ1) is 19.7. The Morgan fingerprint density at radius 3 is 2.39 bits per heavy atom. The summed E-state index contributed by atoms with van der Waals surface area (Å²) in [4.78, 5) is 41.1. The quantitative estimate of drug-likeness (QED) is 0.416. The standard InChI is InChI=1S/C27H38N8O5S/c1-5-22-23-24(31-35(22)19-8-10-33(11-9-19)18(4)36)26(37)30-25(29-23)21-16-20(17-28-27(21)40-7-3)41(38,39)34-14-12-32(6-2)13-15-34/h16-17,19H,5-15H2,1-4H3,(H,29,30,37). The average molecular weight is 587 g/mol. The Morgan fingerprint density at radius 2 is 1.78 bits per heavy atom. The van der Waals surface area contributed by atoms with Gasteiger partial charge in [0.2, 0.25) is 21.8 Å². The molecule has 14 heteroatoms. The molecule has 0 spiro atoms. The van der Waals surface area contributed by atoms with Crippen LogP contribution in [-0.2, 0) is 21.2 Å². The zero-order valence-electron chi connectivity index (χ0n) is 24.1. The van der Waals surface area contributed by atoms with Crippen molar-refractivity contribution in [3.8, 4) is 17.3 Å². The number of aryl methyl sites for hydroxylation is 1. The number of carbonyl (C=O) groups excluding carboxylic acids is 1. The number of fused-ring (bicyclic) bond motifs is 1. The van der Waals surface area contributed by atoms with Gasteiger partial charge in [-0.15, -0.1) is 0 Å². The number of ether oxygens (including phenoxy) is 1. The van der Waals surface area contributed by atoms with E-state index >= 15 is 0 Å². The van der Waals surface area contributed by atoms with Crippen LogP contribution >= 0.6 is 0 Å². The lowest BCUT2D eigenvalue weighted by Crippen LogP contribution is -2.48. The fraction of sp³-hybridized carbons (Fsp3) is 0.593. The van der Waals surface area contributed by atoms with E-state index in [0.717, 1.165) is 25.1 Å². The van der Waals surface area contributed by atoms with Gasteiger partial charge in [-0.3, -0.25) is 14.3 Å². The molecule has 41 heavy (non-hydrogen) atoms. The van der Waals surface area contributed by atoms with E-state index in [2.05, 4.69) is 26.9 Å². The van der Waals surface area contributed by atoms with Crippen molar-refractivity contribution in [1.82, 2.24) is 38.8 Å². The summed E-state index contributed by atoms with van der Waals surface area (Å²) in [6, 6.07) is 1.52. The molecule has 2 fully saturated rings. The summed E-state index contributed by atoms with van der Waals surface area (Å²) in [6.45, 7) is 12.0. The maximum absolute atomic E-state index is 13.6. The molecule has 0 atom stereocenters. The molecule has 0 aliphatic carbocycles. The first kappa shape index (κ1) is 29.1. The SMILES string of the molecule is CCOc1ncc(S(=O)(=O)N2CCN(CC)CC2)cc1-c1nc2c(CC)n(C3CCN(C(C)=O)CC3)nc2c(=O)[nH]1. The van der Waals surface area contributed by atoms with Crippen LogP contribution in [0.15, 0.2) is 22.0 Å². The normalized spacial score (nSPS) is 17.8. The fourth-order valence-electron chi connectivity index (χ4n) is 5.65. The lowest BCUT2D eigenvalue weighted by atomic mass is 10.0. The first-order valence-electron chi connectivity index (χ1n) is 14.3. The van der Waals surface area contributed by atoms with Gasteiger partial charge in [0.1, 0.15) is 16.2 Å². The molecule has 5 rings (SSSR count). The minimum Gasteiger partial charge on any atom is -0.477 e. The van der Waals surface area contributed by atoms with Gasteiger partial charge in [0.05, 0.1) is 30.1 Å². The largest absolute Gasteiger partial charge is 0.477 e. The number of sulfonamides is 1. The predicted molar refractivity (Wildman–Crippen MR) is 153 cm³/mol. The number of hydrogen-bond acceptors (Lipinski definition) is 9. The number of piperidine rings is 1. The van der Waals surface area contributed by atoms with Crippen molar-refractivity contribution < 1.29 is 17.9 Å². The Balaban J connectivity index is 1.55. The van der Waals surface area contributed by atoms with Crippen LogP contribution in [0.2, 0.25) is 0 Å². The van der Waals surface area contributed by atoms with Crippen molar-refractivity contribution in [1.29, 1.82) is 0 Å². The minimum atomic E-state index is -3.82. The highest BCUT2D eigenvalue weighted by Gasteiger charge is 2.31. The van der Waals surface area contributed by atoms with Gasteiger partial charge in [-0.25, -0.2) is 18.4 Å². The number of piperazine rings is 1. The minimum absolute atomic E-state index is 0.0206. The second-order valence-corrected chi connectivity index (χ2v) is 12.3. The van der Waals surface area contributed by atoms with E-state index in [1.165, 1.54) is 16.6 Å². The number of carbonyl (C=O) groups is 1. The molecular weight excluding hydrogens is 548 g/mol. The Bertz CT molecular complexity index is 1580. The van der Waals surface area contributed by atoms with E-state index in [4.69, 9.17) is 9.72 Å². The Kier molecular flexibility index (Phi) is 8.43. The Morgan fingerprint density at radius 1 is 1.07 bits per heavy atom. The molecule has 0 saturated carbocycles. The van der Waals surface area contributed by atoms with E-state index in [0.29, 0.717) is 63.4 Å². The number of nitrogens with one attached hydrogen (secondary N) is 1. The molecule has 2 aliphatic heterocycles. The van der Waals surface area contributed by atoms with Crippen LogP contribution in [-0.4, -0.2) is 106 Å². The third-order valence-electron chi connectivity index (χ3n) is 8.02. The second kappa shape index (κ2) is 11.9. The number of pyridine rings is 1. The van der Waals surface area contributed by atoms with Gasteiger partial charge in [-0.05, 0) is 38.8 Å². The van der Waals surface area contributed by atoms with Crippen molar-refractivity contribution in [2.45, 2.75) is 57.9 Å². The van der Waals surface area contributed by atoms with Gasteiger partial charge in [0.15, 0.2) is 5.52 Å². The third kappa shape index (κ3) is 5.60. The number of rotatable bonds is 8. The van der Waals surface area contributed by atoms with Crippen molar-refractivity contribution >= 4 is 27.0 Å². The number of likely N-dealkylation sites (tertiary alicyclic amines) is 1. The van der Waals surface area contributed by atoms with E-state index in [1.807, 2.05) is 16.5 Å². The van der Waals surface area contributed by atoms with Crippen molar-refractivity contribution in [2.24, 2.45) is 0 Å². The predicted octanol–water partition coefficient (Wildman–Crippen LogP) is 1.65. The molecular formula is C27H38N8O5S. The molecule has 222 valence electrons. The van der Waals surface area contributed by atoms with Gasteiger partial charge < -0.3 is 19.5 Å². The molecule has 0 unspecified atom stereocenters. The monoisotopic (exact) mass is 586 g/mol. The summed E-state index contributed by atoms with van der Waals surface area (Å²) in [5.74, 6) is 0.414. The average Bonchev–Trinajstić information content (AvgIpc) is 3.36. The van der Waals surface area contributed by atoms with E-state index in [9.17, 15) is 18.0 Å². The molecule has 1 amide bonds. The number of hydrogen-bond donors (Lipinski definition) is 1. The summed E-state index contributed by atoms with van der Waals surface area (Å²) in [7, 11) is -3.82. The zero-order chi connectivity index (χ0) is 29.3. The molecule has 0 aromatic carbocycles. The lowest BCUT2D eigenvalue weighted by Gasteiger charge is -2.33. The van der Waals surface area contributed by atoms with Crippen LogP contribution in [0.4, 0.5) is 0 Å². The van der Waals surface area contributed by atoms with Gasteiger partial charge >= 0.3 is 0 Å². The van der Waals surface area contributed by atoms with Gasteiger partial charge in [0.25, 0.3) is 5.56 Å². The molecule has 1 N–H and O–H groups in total. The first-order valence-corrected chi connectivity index (χ1v) is 15.7. The molecule has 0 bridgehead atoms. The number of likely N-dealkylation sites (N-methyl/N-ethyl adjacent to an activating group) is 1. The van der Waals surface area contributed by atoms with E-state index < -0.39 is 15.6 Å². The third-order valence-corrected chi connectivity index (χ3v) is 9.89. The van der Waals surface area contributed by atoms with Crippen LogP contribution in [0.1, 0.15) is 52.3 Å². The van der Waals surface area contributed by atoms with Gasteiger partial charge in [0, 0.05) is 46.2 Å². The van der Waals surface area contributed by atoms with Crippen molar-refractivity contribution in [2.75, 3.05) is 52.4 Å². The van der Waals surface area contributed by atoms with E-state index in [-0.39, 0.29) is 34.1 Å². The zero-order valence-corrected chi connectivity index (χ0v) is 24.9. The van der Waals surface area contributed by atoms with Crippen LogP contribution in [0.25, 0.3) is 22.4 Å². The Hall–Kier alpha value is -3.36. The summed E-state index contributed by atoms with van der Waals surface area (Å²) < 4.78 is 36.2. The topological polar surface area (TPSA) is 147 Å². The summed E-state index contributed by atoms with van der Waals surface area (Å²) >= 11 is 0. The molecule has 2 aliphatic rings. The molecule has 0 radical (unpaired) electrons. The molecule has 13 nitrogen and oxygen atoms in total.